The number of aliphatic hydroxyl groups is 1. The van der Waals surface area contributed by atoms with Gasteiger partial charge in [0, 0.05) is 45.7 Å². The van der Waals surface area contributed by atoms with Gasteiger partial charge in [-0.15, -0.1) is 0 Å². The summed E-state index contributed by atoms with van der Waals surface area (Å²) in [5.74, 6) is 0. The van der Waals surface area contributed by atoms with Gasteiger partial charge >= 0.3 is 0 Å². The van der Waals surface area contributed by atoms with Gasteiger partial charge in [-0.2, -0.15) is 0 Å². The number of nitrogens with one attached hydrogen (secondary N) is 2. The molecule has 0 amide bonds. The van der Waals surface area contributed by atoms with Crippen molar-refractivity contribution >= 4 is 46.4 Å². The summed E-state index contributed by atoms with van der Waals surface area (Å²) in [6.07, 6.45) is 8.09. The molecular weight excluding hydrogens is 392 g/mol. The van der Waals surface area contributed by atoms with Gasteiger partial charge in [-0.1, -0.05) is 0 Å². The van der Waals surface area contributed by atoms with E-state index in [-0.39, 0.29) is 23.7 Å². The normalized spacial score (nSPS) is 11.5. The van der Waals surface area contributed by atoms with Crippen LogP contribution in [0.4, 0.5) is 0 Å². The molecule has 0 unspecified atom stereocenters. The average Bonchev–Trinajstić information content (AvgIpc) is 3.41. The summed E-state index contributed by atoms with van der Waals surface area (Å²) in [5.41, 5.74) is 7.86. The van der Waals surface area contributed by atoms with Crippen LogP contribution < -0.4 is 0 Å². The zero-order valence-corrected chi connectivity index (χ0v) is 16.4. The molecule has 0 atom stereocenters. The first-order valence-corrected chi connectivity index (χ1v) is 8.87. The number of hydrogen-bond donors (Lipinski definition) is 3. The minimum atomic E-state index is 0. The molecule has 3 N–H and O–H groups in total. The third-order valence-electron chi connectivity index (χ3n) is 4.04. The molecule has 0 spiro atoms. The zero-order valence-electron chi connectivity index (χ0n) is 15.3. The van der Waals surface area contributed by atoms with E-state index in [1.165, 1.54) is 0 Å². The zero-order chi connectivity index (χ0) is 18.6. The maximum atomic E-state index is 7.57. The summed E-state index contributed by atoms with van der Waals surface area (Å²) in [5, 5.41) is 7.57. The molecule has 8 bridgehead atoms. The second kappa shape index (κ2) is 8.85. The molecule has 0 aliphatic carbocycles. The fourth-order valence-electron chi connectivity index (χ4n) is 2.94. The van der Waals surface area contributed by atoms with Gasteiger partial charge in [0.25, 0.3) is 0 Å². The molecule has 2 aliphatic heterocycles. The topological polar surface area (TPSA) is 77.6 Å². The Bertz CT molecular complexity index is 1010. The van der Waals surface area contributed by atoms with Crippen molar-refractivity contribution in [1.29, 1.82) is 0 Å². The first kappa shape index (κ1) is 19.8. The van der Waals surface area contributed by atoms with E-state index in [9.17, 15) is 0 Å². The summed E-state index contributed by atoms with van der Waals surface area (Å²) in [7, 11) is 0. The van der Waals surface area contributed by atoms with Crippen LogP contribution in [0.3, 0.4) is 0 Å². The standard InChI is InChI=1S/C20H14N4.C2H6O.Fe/c1-2-14-10-16-5-6-18(23-16)12-20-8-7-19(24-20)11-17-4-3-15(22-17)9-13(1)21-14;1-2-3;/h1-12,21,24H;3H,2H2,1H3;. The summed E-state index contributed by atoms with van der Waals surface area (Å²) < 4.78 is 0. The largest absolute Gasteiger partial charge is 0.397 e. The Hall–Kier alpha value is -2.92. The maximum absolute atomic E-state index is 7.57. The van der Waals surface area contributed by atoms with E-state index in [4.69, 9.17) is 5.11 Å². The second-order valence-corrected chi connectivity index (χ2v) is 6.22. The molecule has 5 nitrogen and oxygen atoms in total. The van der Waals surface area contributed by atoms with Gasteiger partial charge in [-0.25, -0.2) is 9.97 Å². The van der Waals surface area contributed by atoms with Gasteiger partial charge in [0.1, 0.15) is 0 Å². The van der Waals surface area contributed by atoms with Crippen molar-refractivity contribution in [3.63, 3.8) is 0 Å². The number of aromatic amines is 2. The van der Waals surface area contributed by atoms with E-state index in [0.717, 1.165) is 44.8 Å². The van der Waals surface area contributed by atoms with Crippen LogP contribution in [0.25, 0.3) is 46.4 Å². The fraction of sp³-hybridized carbons (Fsp3) is 0.0909. The van der Waals surface area contributed by atoms with Crippen LogP contribution in [-0.4, -0.2) is 31.6 Å². The number of fused-ring (bicyclic) bond motifs is 8. The van der Waals surface area contributed by atoms with Crippen LogP contribution >= 0.6 is 0 Å². The molecule has 3 aromatic rings. The van der Waals surface area contributed by atoms with Gasteiger partial charge < -0.3 is 15.1 Å². The van der Waals surface area contributed by atoms with E-state index in [1.54, 1.807) is 6.92 Å². The fourth-order valence-corrected chi connectivity index (χ4v) is 2.94. The molecule has 28 heavy (non-hydrogen) atoms. The minimum Gasteiger partial charge on any atom is -0.397 e. The Kier molecular flexibility index (Phi) is 6.26. The summed E-state index contributed by atoms with van der Waals surface area (Å²) in [4.78, 5) is 16.0. The quantitative estimate of drug-likeness (QED) is 0.324. The van der Waals surface area contributed by atoms with E-state index in [2.05, 4.69) is 44.2 Å². The van der Waals surface area contributed by atoms with E-state index in [0.29, 0.717) is 0 Å². The second-order valence-electron chi connectivity index (χ2n) is 6.22. The Balaban J connectivity index is 0.000000531. The van der Waals surface area contributed by atoms with Gasteiger partial charge in [-0.3, -0.25) is 0 Å². The van der Waals surface area contributed by atoms with Crippen LogP contribution in [0.5, 0.6) is 0 Å². The number of H-pyrrole nitrogens is 2. The molecule has 0 fully saturated rings. The predicted octanol–water partition coefficient (Wildman–Crippen LogP) is 4.65. The van der Waals surface area contributed by atoms with Crippen molar-refractivity contribution in [2.45, 2.75) is 6.92 Å². The predicted molar refractivity (Wildman–Crippen MR) is 112 cm³/mol. The van der Waals surface area contributed by atoms with Gasteiger partial charge in [0.05, 0.1) is 22.8 Å². The van der Waals surface area contributed by atoms with Crippen LogP contribution in [0.15, 0.2) is 48.5 Å². The molecule has 0 saturated heterocycles. The third kappa shape index (κ3) is 4.67. The summed E-state index contributed by atoms with van der Waals surface area (Å²) >= 11 is 0. The van der Waals surface area contributed by atoms with Crippen LogP contribution in [-0.2, 0) is 17.1 Å². The number of aliphatic hydroxyl groups excluding tert-OH is 1. The smallest absolute Gasteiger partial charge is 0.0658 e. The molecular formula is C22H20FeN4O. The average molecular weight is 412 g/mol. The van der Waals surface area contributed by atoms with Crippen molar-refractivity contribution in [3.05, 3.63) is 71.3 Å². The van der Waals surface area contributed by atoms with Crippen LogP contribution in [0.2, 0.25) is 0 Å². The van der Waals surface area contributed by atoms with Gasteiger partial charge in [0.2, 0.25) is 0 Å². The van der Waals surface area contributed by atoms with Gasteiger partial charge in [0.15, 0.2) is 0 Å². The third-order valence-corrected chi connectivity index (χ3v) is 4.04. The van der Waals surface area contributed by atoms with Crippen LogP contribution in [0.1, 0.15) is 29.7 Å². The molecule has 142 valence electrons. The molecule has 0 radical (unpaired) electrons. The van der Waals surface area contributed by atoms with E-state index < -0.39 is 0 Å². The van der Waals surface area contributed by atoms with E-state index in [1.807, 2.05) is 48.6 Å². The Morgan fingerprint density at radius 1 is 0.643 bits per heavy atom. The Morgan fingerprint density at radius 3 is 1.14 bits per heavy atom. The monoisotopic (exact) mass is 412 g/mol. The van der Waals surface area contributed by atoms with Crippen molar-refractivity contribution in [3.8, 4) is 0 Å². The Labute approximate surface area is 173 Å². The van der Waals surface area contributed by atoms with Crippen molar-refractivity contribution in [2.24, 2.45) is 0 Å². The molecule has 0 saturated carbocycles. The molecule has 5 rings (SSSR count). The molecule has 5 heterocycles. The first-order chi connectivity index (χ1) is 13.2. The molecule has 6 heteroatoms. The van der Waals surface area contributed by atoms with Crippen molar-refractivity contribution in [1.82, 2.24) is 19.9 Å². The summed E-state index contributed by atoms with van der Waals surface area (Å²) in [6, 6.07) is 16.4. The van der Waals surface area contributed by atoms with Crippen LogP contribution in [0, 0.1) is 0 Å². The number of rotatable bonds is 0. The van der Waals surface area contributed by atoms with Crippen molar-refractivity contribution < 1.29 is 22.2 Å². The number of hydrogen-bond acceptors (Lipinski definition) is 3. The minimum absolute atomic E-state index is 0. The SMILES string of the molecule is C1=Cc2cc3ccc(cc4nc(cc5ccc(cc1n2)[nH]5)C=C4)[nH]3.CCO.[Fe]. The summed E-state index contributed by atoms with van der Waals surface area (Å²) in [6.45, 7) is 1.93. The van der Waals surface area contributed by atoms with E-state index >= 15 is 0 Å². The Morgan fingerprint density at radius 2 is 0.893 bits per heavy atom. The van der Waals surface area contributed by atoms with Crippen molar-refractivity contribution in [2.75, 3.05) is 6.61 Å². The molecule has 3 aromatic heterocycles. The number of nitrogens with zero attached hydrogens (tertiary/aromatic N) is 2. The molecule has 0 aromatic carbocycles. The van der Waals surface area contributed by atoms with Gasteiger partial charge in [-0.05, 0) is 79.8 Å². The first-order valence-electron chi connectivity index (χ1n) is 8.87. The molecule has 2 aliphatic rings. The maximum Gasteiger partial charge on any atom is 0.0658 e. The number of aromatic nitrogens is 4.